The number of carboxylic acid groups (broad SMARTS) is 1. The fraction of sp³-hybridized carbons (Fsp3) is 0.700. The van der Waals surface area contributed by atoms with Crippen molar-refractivity contribution in [2.45, 2.75) is 45.3 Å². The Morgan fingerprint density at radius 2 is 2.08 bits per heavy atom. The summed E-state index contributed by atoms with van der Waals surface area (Å²) in [7, 11) is 0. The van der Waals surface area contributed by atoms with Crippen molar-refractivity contribution in [3.05, 3.63) is 11.6 Å². The van der Waals surface area contributed by atoms with Gasteiger partial charge in [-0.15, -0.1) is 0 Å². The molecular weight excluding hydrogens is 168 g/mol. The fourth-order valence-electron chi connectivity index (χ4n) is 1.40. The molecule has 13 heavy (non-hydrogen) atoms. The van der Waals surface area contributed by atoms with Gasteiger partial charge in [0.15, 0.2) is 0 Å². The third kappa shape index (κ3) is 3.59. The van der Waals surface area contributed by atoms with Crippen molar-refractivity contribution in [1.82, 2.24) is 0 Å². The molecule has 0 unspecified atom stereocenters. The molecule has 3 heteroatoms. The Hall–Kier alpha value is -0.830. The molecule has 3 nitrogen and oxygen atoms in total. The van der Waals surface area contributed by atoms with Crippen LogP contribution in [0.1, 0.15) is 33.6 Å². The van der Waals surface area contributed by atoms with Gasteiger partial charge >= 0.3 is 5.97 Å². The lowest BCUT2D eigenvalue weighted by Gasteiger charge is -2.35. The Labute approximate surface area is 78.4 Å². The molecule has 0 amide bonds. The minimum Gasteiger partial charge on any atom is -0.478 e. The summed E-state index contributed by atoms with van der Waals surface area (Å²) in [6.07, 6.45) is 3.03. The summed E-state index contributed by atoms with van der Waals surface area (Å²) in [4.78, 5) is 10.3. The van der Waals surface area contributed by atoms with E-state index < -0.39 is 5.97 Å². The number of hydrogen-bond donors (Lipinski definition) is 1. The van der Waals surface area contributed by atoms with E-state index in [4.69, 9.17) is 9.84 Å². The van der Waals surface area contributed by atoms with E-state index in [1.807, 2.05) is 20.8 Å². The minimum absolute atomic E-state index is 0.126. The molecule has 0 atom stereocenters. The fourth-order valence-corrected chi connectivity index (χ4v) is 1.40. The van der Waals surface area contributed by atoms with E-state index in [2.05, 4.69) is 0 Å². The third-order valence-electron chi connectivity index (χ3n) is 1.83. The first-order chi connectivity index (χ1) is 5.87. The van der Waals surface area contributed by atoms with Crippen LogP contribution in [0.4, 0.5) is 0 Å². The van der Waals surface area contributed by atoms with E-state index in [9.17, 15) is 4.79 Å². The molecule has 1 N–H and O–H groups in total. The van der Waals surface area contributed by atoms with Gasteiger partial charge in [-0.1, -0.05) is 5.57 Å². The van der Waals surface area contributed by atoms with Crippen LogP contribution in [0, 0.1) is 0 Å². The van der Waals surface area contributed by atoms with E-state index in [0.717, 1.165) is 18.4 Å². The molecule has 1 fully saturated rings. The lowest BCUT2D eigenvalue weighted by molar-refractivity contribution is -0.131. The van der Waals surface area contributed by atoms with Gasteiger partial charge in [-0.25, -0.2) is 4.79 Å². The number of aliphatic carboxylic acids is 1. The number of rotatable bonds is 2. The molecule has 74 valence electrons. The van der Waals surface area contributed by atoms with Gasteiger partial charge in [-0.2, -0.15) is 0 Å². The maximum Gasteiger partial charge on any atom is 0.328 e. The summed E-state index contributed by atoms with van der Waals surface area (Å²) in [6.45, 7) is 6.02. The Morgan fingerprint density at radius 1 is 1.54 bits per heavy atom. The second kappa shape index (κ2) is 3.50. The molecule has 1 rings (SSSR count). The molecule has 0 heterocycles. The van der Waals surface area contributed by atoms with Crippen LogP contribution in [0.2, 0.25) is 0 Å². The molecule has 0 aliphatic heterocycles. The van der Waals surface area contributed by atoms with Crippen LogP contribution in [-0.2, 0) is 9.53 Å². The van der Waals surface area contributed by atoms with Gasteiger partial charge in [0.1, 0.15) is 0 Å². The van der Waals surface area contributed by atoms with Crippen LogP contribution in [-0.4, -0.2) is 22.8 Å². The van der Waals surface area contributed by atoms with Gasteiger partial charge < -0.3 is 9.84 Å². The molecule has 0 aromatic carbocycles. The third-order valence-corrected chi connectivity index (χ3v) is 1.83. The lowest BCUT2D eigenvalue weighted by atomic mass is 9.88. The second-order valence-corrected chi connectivity index (χ2v) is 4.40. The first kappa shape index (κ1) is 10.3. The van der Waals surface area contributed by atoms with Crippen molar-refractivity contribution in [2.24, 2.45) is 0 Å². The predicted octanol–water partition coefficient (Wildman–Crippen LogP) is 1.97. The monoisotopic (exact) mass is 184 g/mol. The highest BCUT2D eigenvalue weighted by atomic mass is 16.5. The van der Waals surface area contributed by atoms with Crippen molar-refractivity contribution >= 4 is 5.97 Å². The number of hydrogen-bond acceptors (Lipinski definition) is 2. The standard InChI is InChI=1S/C10H16O3/c1-10(2,3)13-8-4-7(5-8)6-9(11)12/h6,8H,4-5H2,1-3H3,(H,11,12). The molecule has 0 saturated heterocycles. The molecule has 1 aliphatic carbocycles. The van der Waals surface area contributed by atoms with Crippen LogP contribution >= 0.6 is 0 Å². The Balaban J connectivity index is 2.30. The summed E-state index contributed by atoms with van der Waals surface area (Å²) in [6, 6.07) is 0. The van der Waals surface area contributed by atoms with Crippen molar-refractivity contribution < 1.29 is 14.6 Å². The van der Waals surface area contributed by atoms with E-state index >= 15 is 0 Å². The lowest BCUT2D eigenvalue weighted by Crippen LogP contribution is -2.33. The zero-order valence-electron chi connectivity index (χ0n) is 8.33. The summed E-state index contributed by atoms with van der Waals surface area (Å²) in [5.74, 6) is -0.857. The van der Waals surface area contributed by atoms with Gasteiger partial charge in [-0.3, -0.25) is 0 Å². The topological polar surface area (TPSA) is 46.5 Å². The molecular formula is C10H16O3. The van der Waals surface area contributed by atoms with Crippen molar-refractivity contribution in [1.29, 1.82) is 0 Å². The summed E-state index contributed by atoms with van der Waals surface area (Å²) in [5.41, 5.74) is 0.848. The van der Waals surface area contributed by atoms with E-state index in [-0.39, 0.29) is 11.7 Å². The van der Waals surface area contributed by atoms with Crippen molar-refractivity contribution in [3.8, 4) is 0 Å². The Morgan fingerprint density at radius 3 is 2.46 bits per heavy atom. The molecule has 0 aromatic rings. The van der Waals surface area contributed by atoms with Gasteiger partial charge in [-0.05, 0) is 33.6 Å². The SMILES string of the molecule is CC(C)(C)OC1CC(=CC(=O)O)C1. The molecule has 0 radical (unpaired) electrons. The smallest absolute Gasteiger partial charge is 0.328 e. The number of carbonyl (C=O) groups is 1. The molecule has 0 spiro atoms. The normalized spacial score (nSPS) is 22.4. The first-order valence-electron chi connectivity index (χ1n) is 4.47. The molecule has 1 saturated carbocycles. The van der Waals surface area contributed by atoms with E-state index in [1.54, 1.807) is 0 Å². The van der Waals surface area contributed by atoms with Gasteiger partial charge in [0, 0.05) is 6.08 Å². The molecule has 0 aromatic heterocycles. The van der Waals surface area contributed by atoms with E-state index in [0.29, 0.717) is 0 Å². The Bertz CT molecular complexity index is 227. The maximum absolute atomic E-state index is 10.3. The summed E-state index contributed by atoms with van der Waals surface area (Å²) < 4.78 is 5.65. The van der Waals surface area contributed by atoms with Crippen molar-refractivity contribution in [3.63, 3.8) is 0 Å². The van der Waals surface area contributed by atoms with Crippen molar-refractivity contribution in [2.75, 3.05) is 0 Å². The summed E-state index contributed by atoms with van der Waals surface area (Å²) in [5, 5.41) is 8.45. The van der Waals surface area contributed by atoms with Crippen LogP contribution < -0.4 is 0 Å². The quantitative estimate of drug-likeness (QED) is 0.667. The Kier molecular flexibility index (Phi) is 2.76. The van der Waals surface area contributed by atoms with Crippen LogP contribution in [0.3, 0.4) is 0 Å². The predicted molar refractivity (Wildman–Crippen MR) is 49.6 cm³/mol. The highest BCUT2D eigenvalue weighted by molar-refractivity contribution is 5.81. The average molecular weight is 184 g/mol. The van der Waals surface area contributed by atoms with Crippen LogP contribution in [0.5, 0.6) is 0 Å². The summed E-state index contributed by atoms with van der Waals surface area (Å²) >= 11 is 0. The first-order valence-corrected chi connectivity index (χ1v) is 4.47. The highest BCUT2D eigenvalue weighted by Gasteiger charge is 2.28. The molecule has 1 aliphatic rings. The largest absolute Gasteiger partial charge is 0.478 e. The van der Waals surface area contributed by atoms with Gasteiger partial charge in [0.25, 0.3) is 0 Å². The molecule has 0 bridgehead atoms. The highest BCUT2D eigenvalue weighted by Crippen LogP contribution is 2.31. The van der Waals surface area contributed by atoms with Gasteiger partial charge in [0.05, 0.1) is 11.7 Å². The number of ether oxygens (including phenoxy) is 1. The van der Waals surface area contributed by atoms with Crippen LogP contribution in [0.15, 0.2) is 11.6 Å². The van der Waals surface area contributed by atoms with Gasteiger partial charge in [0.2, 0.25) is 0 Å². The van der Waals surface area contributed by atoms with E-state index in [1.165, 1.54) is 6.08 Å². The van der Waals surface area contributed by atoms with Crippen LogP contribution in [0.25, 0.3) is 0 Å². The maximum atomic E-state index is 10.3. The number of carboxylic acids is 1. The zero-order chi connectivity index (χ0) is 10.1. The zero-order valence-corrected chi connectivity index (χ0v) is 8.33. The minimum atomic E-state index is -0.857. The average Bonchev–Trinajstić information content (AvgIpc) is 1.78. The second-order valence-electron chi connectivity index (χ2n) is 4.40.